The number of carbonyl (C=O) groups is 1. The van der Waals surface area contributed by atoms with Crippen molar-refractivity contribution >= 4 is 6.03 Å². The third-order valence-corrected chi connectivity index (χ3v) is 3.30. The molecule has 0 heterocycles. The zero-order valence-electron chi connectivity index (χ0n) is 13.1. The molecule has 2 rings (SSSR count). The van der Waals surface area contributed by atoms with Gasteiger partial charge in [0.25, 0.3) is 0 Å². The molecule has 0 fully saturated rings. The van der Waals surface area contributed by atoms with Crippen molar-refractivity contribution in [3.05, 3.63) is 65.7 Å². The number of carbonyl (C=O) groups excluding carboxylic acids is 1. The minimum Gasteiger partial charge on any atom is -0.494 e. The van der Waals surface area contributed by atoms with Crippen molar-refractivity contribution in [2.45, 2.75) is 19.5 Å². The maximum Gasteiger partial charge on any atom is 0.315 e. The highest BCUT2D eigenvalue weighted by Gasteiger charge is 2.01. The summed E-state index contributed by atoms with van der Waals surface area (Å²) in [5.74, 6) is 0.844. The summed E-state index contributed by atoms with van der Waals surface area (Å²) in [5.41, 5.74) is 7.69. The Labute approximate surface area is 136 Å². The Bertz CT molecular complexity index is 602. The van der Waals surface area contributed by atoms with Crippen molar-refractivity contribution in [1.29, 1.82) is 0 Å². The SMILES string of the molecule is NCc1cccc(CNC(=O)NCCCOc2ccccc2)c1. The van der Waals surface area contributed by atoms with Crippen molar-refractivity contribution in [3.8, 4) is 5.75 Å². The van der Waals surface area contributed by atoms with E-state index in [2.05, 4.69) is 10.6 Å². The van der Waals surface area contributed by atoms with Crippen molar-refractivity contribution in [1.82, 2.24) is 10.6 Å². The Morgan fingerprint density at radius 3 is 2.57 bits per heavy atom. The maximum atomic E-state index is 11.7. The van der Waals surface area contributed by atoms with Crippen molar-refractivity contribution < 1.29 is 9.53 Å². The molecule has 0 aliphatic rings. The molecule has 0 aliphatic heterocycles. The Balaban J connectivity index is 1.58. The van der Waals surface area contributed by atoms with Crippen LogP contribution < -0.4 is 21.1 Å². The average molecular weight is 313 g/mol. The Kier molecular flexibility index (Phi) is 6.94. The molecule has 4 N–H and O–H groups in total. The van der Waals surface area contributed by atoms with E-state index in [9.17, 15) is 4.79 Å². The van der Waals surface area contributed by atoms with Crippen LogP contribution in [0.4, 0.5) is 4.79 Å². The van der Waals surface area contributed by atoms with Crippen LogP contribution in [0.25, 0.3) is 0 Å². The third-order valence-electron chi connectivity index (χ3n) is 3.30. The lowest BCUT2D eigenvalue weighted by molar-refractivity contribution is 0.238. The summed E-state index contributed by atoms with van der Waals surface area (Å²) in [6.45, 7) is 2.13. The number of para-hydroxylation sites is 1. The van der Waals surface area contributed by atoms with E-state index in [1.807, 2.05) is 54.6 Å². The molecule has 0 spiro atoms. The van der Waals surface area contributed by atoms with Crippen LogP contribution in [0.2, 0.25) is 0 Å². The normalized spacial score (nSPS) is 10.1. The molecule has 0 atom stereocenters. The first-order chi connectivity index (χ1) is 11.3. The van der Waals surface area contributed by atoms with Crippen LogP contribution in [0.3, 0.4) is 0 Å². The van der Waals surface area contributed by atoms with Crippen molar-refractivity contribution in [3.63, 3.8) is 0 Å². The van der Waals surface area contributed by atoms with E-state index in [1.165, 1.54) is 0 Å². The van der Waals surface area contributed by atoms with Crippen LogP contribution in [0.1, 0.15) is 17.5 Å². The summed E-state index contributed by atoms with van der Waals surface area (Å²) < 4.78 is 5.56. The molecule has 0 saturated carbocycles. The van der Waals surface area contributed by atoms with Gasteiger partial charge in [-0.2, -0.15) is 0 Å². The second-order valence-electron chi connectivity index (χ2n) is 5.15. The second-order valence-corrected chi connectivity index (χ2v) is 5.15. The van der Waals surface area contributed by atoms with E-state index in [0.717, 1.165) is 23.3 Å². The zero-order valence-corrected chi connectivity index (χ0v) is 13.1. The molecule has 0 radical (unpaired) electrons. The summed E-state index contributed by atoms with van der Waals surface area (Å²) in [6.07, 6.45) is 0.755. The van der Waals surface area contributed by atoms with Crippen LogP contribution in [0, 0.1) is 0 Å². The summed E-state index contributed by atoms with van der Waals surface area (Å²) >= 11 is 0. The molecule has 2 amide bonds. The van der Waals surface area contributed by atoms with Crippen LogP contribution >= 0.6 is 0 Å². The van der Waals surface area contributed by atoms with E-state index >= 15 is 0 Å². The number of nitrogens with two attached hydrogens (primary N) is 1. The number of amides is 2. The number of nitrogens with one attached hydrogen (secondary N) is 2. The second kappa shape index (κ2) is 9.48. The fourth-order valence-electron chi connectivity index (χ4n) is 2.09. The number of hydrogen-bond donors (Lipinski definition) is 3. The van der Waals surface area contributed by atoms with E-state index in [0.29, 0.717) is 26.2 Å². The fraction of sp³-hybridized carbons (Fsp3) is 0.278. The zero-order chi connectivity index (χ0) is 16.3. The minimum atomic E-state index is -0.178. The van der Waals surface area contributed by atoms with E-state index in [-0.39, 0.29) is 6.03 Å². The van der Waals surface area contributed by atoms with Gasteiger partial charge in [-0.1, -0.05) is 42.5 Å². The standard InChI is InChI=1S/C18H23N3O2/c19-13-15-6-4-7-16(12-15)14-21-18(22)20-10-5-11-23-17-8-2-1-3-9-17/h1-4,6-9,12H,5,10-11,13-14,19H2,(H2,20,21,22). The number of hydrogen-bond acceptors (Lipinski definition) is 3. The molecule has 2 aromatic rings. The van der Waals surface area contributed by atoms with Gasteiger partial charge in [-0.15, -0.1) is 0 Å². The summed E-state index contributed by atoms with van der Waals surface area (Å²) in [7, 11) is 0. The highest BCUT2D eigenvalue weighted by atomic mass is 16.5. The molecule has 23 heavy (non-hydrogen) atoms. The molecule has 0 saturated heterocycles. The average Bonchev–Trinajstić information content (AvgIpc) is 2.61. The highest BCUT2D eigenvalue weighted by Crippen LogP contribution is 2.08. The molecular weight excluding hydrogens is 290 g/mol. The van der Waals surface area contributed by atoms with E-state index < -0.39 is 0 Å². The lowest BCUT2D eigenvalue weighted by Gasteiger charge is -2.09. The molecular formula is C18H23N3O2. The van der Waals surface area contributed by atoms with Gasteiger partial charge in [0.2, 0.25) is 0 Å². The topological polar surface area (TPSA) is 76.4 Å². The monoisotopic (exact) mass is 313 g/mol. The van der Waals surface area contributed by atoms with Gasteiger partial charge in [0.05, 0.1) is 6.61 Å². The lowest BCUT2D eigenvalue weighted by Crippen LogP contribution is -2.36. The van der Waals surface area contributed by atoms with Crippen LogP contribution in [0.5, 0.6) is 5.75 Å². The molecule has 2 aromatic carbocycles. The number of benzene rings is 2. The first kappa shape index (κ1) is 16.8. The maximum absolute atomic E-state index is 11.7. The van der Waals surface area contributed by atoms with Crippen molar-refractivity contribution in [2.24, 2.45) is 5.73 Å². The minimum absolute atomic E-state index is 0.178. The van der Waals surface area contributed by atoms with Gasteiger partial charge >= 0.3 is 6.03 Å². The largest absolute Gasteiger partial charge is 0.494 e. The van der Waals surface area contributed by atoms with Gasteiger partial charge in [0.15, 0.2) is 0 Å². The predicted octanol–water partition coefficient (Wildman–Crippen LogP) is 2.41. The first-order valence-electron chi connectivity index (χ1n) is 7.75. The molecule has 0 unspecified atom stereocenters. The number of urea groups is 1. The quantitative estimate of drug-likeness (QED) is 0.655. The molecule has 5 nitrogen and oxygen atoms in total. The summed E-state index contributed by atoms with van der Waals surface area (Å²) in [5, 5.41) is 5.64. The first-order valence-corrected chi connectivity index (χ1v) is 7.75. The van der Waals surface area contributed by atoms with Gasteiger partial charge in [0.1, 0.15) is 5.75 Å². The smallest absolute Gasteiger partial charge is 0.315 e. The molecule has 122 valence electrons. The molecule has 0 aliphatic carbocycles. The van der Waals surface area contributed by atoms with E-state index in [4.69, 9.17) is 10.5 Å². The van der Waals surface area contributed by atoms with Gasteiger partial charge in [-0.25, -0.2) is 4.79 Å². The van der Waals surface area contributed by atoms with Gasteiger partial charge in [-0.05, 0) is 29.7 Å². The summed E-state index contributed by atoms with van der Waals surface area (Å²) in [6, 6.07) is 17.3. The molecule has 0 aromatic heterocycles. The van der Waals surface area contributed by atoms with Gasteiger partial charge < -0.3 is 21.1 Å². The van der Waals surface area contributed by atoms with Crippen molar-refractivity contribution in [2.75, 3.05) is 13.2 Å². The third kappa shape index (κ3) is 6.40. The predicted molar refractivity (Wildman–Crippen MR) is 91.1 cm³/mol. The fourth-order valence-corrected chi connectivity index (χ4v) is 2.09. The van der Waals surface area contributed by atoms with Crippen LogP contribution in [-0.4, -0.2) is 19.2 Å². The highest BCUT2D eigenvalue weighted by molar-refractivity contribution is 5.73. The Hall–Kier alpha value is -2.53. The van der Waals surface area contributed by atoms with Crippen LogP contribution in [0.15, 0.2) is 54.6 Å². The number of rotatable bonds is 8. The number of ether oxygens (including phenoxy) is 1. The lowest BCUT2D eigenvalue weighted by atomic mass is 10.1. The Morgan fingerprint density at radius 2 is 1.78 bits per heavy atom. The van der Waals surface area contributed by atoms with Crippen LogP contribution in [-0.2, 0) is 13.1 Å². The molecule has 5 heteroatoms. The van der Waals surface area contributed by atoms with E-state index in [1.54, 1.807) is 0 Å². The molecule has 0 bridgehead atoms. The summed E-state index contributed by atoms with van der Waals surface area (Å²) in [4.78, 5) is 11.7. The van der Waals surface area contributed by atoms with Gasteiger partial charge in [0, 0.05) is 19.6 Å². The Morgan fingerprint density at radius 1 is 1.00 bits per heavy atom. The van der Waals surface area contributed by atoms with Gasteiger partial charge in [-0.3, -0.25) is 0 Å².